The molecule has 1 aliphatic carbocycles. The van der Waals surface area contributed by atoms with Crippen LogP contribution in [0.5, 0.6) is 11.5 Å². The summed E-state index contributed by atoms with van der Waals surface area (Å²) >= 11 is 1.83. The van der Waals surface area contributed by atoms with Crippen molar-refractivity contribution in [3.8, 4) is 11.5 Å². The van der Waals surface area contributed by atoms with Crippen LogP contribution in [0.15, 0.2) is 23.1 Å². The Morgan fingerprint density at radius 3 is 2.65 bits per heavy atom. The number of fused-ring (bicyclic) bond motifs is 1. The van der Waals surface area contributed by atoms with Gasteiger partial charge in [-0.15, -0.1) is 11.8 Å². The summed E-state index contributed by atoms with van der Waals surface area (Å²) in [7, 11) is 0. The number of hydrogen-bond acceptors (Lipinski definition) is 4. The highest BCUT2D eigenvalue weighted by molar-refractivity contribution is 7.99. The summed E-state index contributed by atoms with van der Waals surface area (Å²) in [5, 5.41) is 0. The molecule has 1 heterocycles. The van der Waals surface area contributed by atoms with Gasteiger partial charge in [0.15, 0.2) is 11.5 Å². The monoisotopic (exact) mass is 293 g/mol. The fourth-order valence-electron chi connectivity index (χ4n) is 2.95. The average Bonchev–Trinajstić information content (AvgIpc) is 2.90. The minimum Gasteiger partial charge on any atom is -0.490 e. The maximum Gasteiger partial charge on any atom is 0.162 e. The quantitative estimate of drug-likeness (QED) is 0.864. The molecule has 20 heavy (non-hydrogen) atoms. The van der Waals surface area contributed by atoms with Crippen LogP contribution in [0.3, 0.4) is 0 Å². The van der Waals surface area contributed by atoms with E-state index in [1.54, 1.807) is 0 Å². The molecule has 1 fully saturated rings. The smallest absolute Gasteiger partial charge is 0.162 e. The summed E-state index contributed by atoms with van der Waals surface area (Å²) in [6, 6.07) is 6.54. The van der Waals surface area contributed by atoms with Gasteiger partial charge in [-0.05, 0) is 37.0 Å². The average molecular weight is 293 g/mol. The van der Waals surface area contributed by atoms with Crippen LogP contribution in [-0.4, -0.2) is 25.0 Å². The Morgan fingerprint density at radius 2 is 1.85 bits per heavy atom. The van der Waals surface area contributed by atoms with Crippen molar-refractivity contribution in [3.63, 3.8) is 0 Å². The van der Waals surface area contributed by atoms with Gasteiger partial charge in [-0.3, -0.25) is 0 Å². The summed E-state index contributed by atoms with van der Waals surface area (Å²) in [5.41, 5.74) is 6.31. The highest BCUT2D eigenvalue weighted by Gasteiger charge is 2.22. The van der Waals surface area contributed by atoms with Crippen molar-refractivity contribution in [2.75, 3.05) is 19.0 Å². The Hall–Kier alpha value is -0.870. The molecule has 0 amide bonds. The van der Waals surface area contributed by atoms with Gasteiger partial charge in [-0.1, -0.05) is 12.8 Å². The predicted molar refractivity (Wildman–Crippen MR) is 82.7 cm³/mol. The van der Waals surface area contributed by atoms with Gasteiger partial charge in [0.1, 0.15) is 0 Å². The van der Waals surface area contributed by atoms with Crippen molar-refractivity contribution in [2.24, 2.45) is 11.7 Å². The molecule has 0 spiro atoms. The van der Waals surface area contributed by atoms with Gasteiger partial charge < -0.3 is 15.2 Å². The molecule has 1 aromatic rings. The predicted octanol–water partition coefficient (Wildman–Crippen LogP) is 3.46. The molecule has 0 aromatic heterocycles. The molecule has 0 bridgehead atoms. The molecule has 2 N–H and O–H groups in total. The molecule has 1 aromatic carbocycles. The first kappa shape index (κ1) is 14.1. The minimum atomic E-state index is 0.318. The summed E-state index contributed by atoms with van der Waals surface area (Å²) in [4.78, 5) is 1.22. The molecule has 110 valence electrons. The molecule has 0 radical (unpaired) electrons. The van der Waals surface area contributed by atoms with Crippen molar-refractivity contribution in [1.82, 2.24) is 0 Å². The van der Waals surface area contributed by atoms with E-state index in [-0.39, 0.29) is 0 Å². The van der Waals surface area contributed by atoms with Crippen LogP contribution in [0.25, 0.3) is 0 Å². The molecular formula is C16H23NO2S. The lowest BCUT2D eigenvalue weighted by molar-refractivity contribution is 0.297. The van der Waals surface area contributed by atoms with Gasteiger partial charge >= 0.3 is 0 Å². The Labute approximate surface area is 125 Å². The van der Waals surface area contributed by atoms with E-state index < -0.39 is 0 Å². The van der Waals surface area contributed by atoms with E-state index in [0.29, 0.717) is 6.04 Å². The molecule has 3 rings (SSSR count). The zero-order valence-electron chi connectivity index (χ0n) is 11.8. The lowest BCUT2D eigenvalue weighted by atomic mass is 10.0. The fraction of sp³-hybridized carbons (Fsp3) is 0.625. The number of benzene rings is 1. The second kappa shape index (κ2) is 6.72. The van der Waals surface area contributed by atoms with E-state index in [0.717, 1.165) is 42.8 Å². The van der Waals surface area contributed by atoms with Crippen molar-refractivity contribution >= 4 is 11.8 Å². The van der Waals surface area contributed by atoms with Crippen molar-refractivity contribution in [1.29, 1.82) is 0 Å². The van der Waals surface area contributed by atoms with E-state index in [1.165, 1.54) is 30.6 Å². The Morgan fingerprint density at radius 1 is 1.10 bits per heavy atom. The zero-order chi connectivity index (χ0) is 13.8. The van der Waals surface area contributed by atoms with Crippen LogP contribution in [0, 0.1) is 5.92 Å². The van der Waals surface area contributed by atoms with Crippen LogP contribution in [0.1, 0.15) is 32.1 Å². The molecular weight excluding hydrogens is 270 g/mol. The van der Waals surface area contributed by atoms with Gasteiger partial charge in [0.25, 0.3) is 0 Å². The maximum absolute atomic E-state index is 6.31. The molecule has 1 saturated carbocycles. The first-order valence-electron chi connectivity index (χ1n) is 7.61. The number of nitrogens with two attached hydrogens (primary N) is 1. The second-order valence-corrected chi connectivity index (χ2v) is 6.77. The third-order valence-corrected chi connectivity index (χ3v) is 5.31. The van der Waals surface area contributed by atoms with Crippen molar-refractivity contribution in [2.45, 2.75) is 43.0 Å². The summed E-state index contributed by atoms with van der Waals surface area (Å²) in [6.07, 6.45) is 6.27. The van der Waals surface area contributed by atoms with Gasteiger partial charge in [0.05, 0.1) is 13.2 Å². The zero-order valence-corrected chi connectivity index (χ0v) is 12.7. The van der Waals surface area contributed by atoms with E-state index in [4.69, 9.17) is 15.2 Å². The van der Waals surface area contributed by atoms with Crippen LogP contribution in [-0.2, 0) is 0 Å². The van der Waals surface area contributed by atoms with E-state index in [2.05, 4.69) is 12.1 Å². The maximum atomic E-state index is 6.31. The number of rotatable bonds is 4. The number of thioether (sulfide) groups is 1. The largest absolute Gasteiger partial charge is 0.490 e. The van der Waals surface area contributed by atoms with E-state index in [9.17, 15) is 0 Å². The highest BCUT2D eigenvalue weighted by Crippen LogP contribution is 2.35. The second-order valence-electron chi connectivity index (χ2n) is 5.68. The van der Waals surface area contributed by atoms with Gasteiger partial charge in [0, 0.05) is 23.1 Å². The topological polar surface area (TPSA) is 44.5 Å². The third kappa shape index (κ3) is 3.41. The molecule has 1 aliphatic heterocycles. The summed E-state index contributed by atoms with van der Waals surface area (Å²) in [5.74, 6) is 3.46. The summed E-state index contributed by atoms with van der Waals surface area (Å²) in [6.45, 7) is 1.48. The SMILES string of the molecule is NC(CSc1ccc2c(c1)OCCCO2)C1CCCC1. The van der Waals surface area contributed by atoms with Crippen molar-refractivity contribution < 1.29 is 9.47 Å². The number of ether oxygens (including phenoxy) is 2. The minimum absolute atomic E-state index is 0.318. The van der Waals surface area contributed by atoms with Gasteiger partial charge in [-0.25, -0.2) is 0 Å². The third-order valence-electron chi connectivity index (χ3n) is 4.17. The molecule has 1 atom stereocenters. The van der Waals surface area contributed by atoms with Crippen LogP contribution >= 0.6 is 11.8 Å². The van der Waals surface area contributed by atoms with Gasteiger partial charge in [0.2, 0.25) is 0 Å². The summed E-state index contributed by atoms with van der Waals surface area (Å²) < 4.78 is 11.4. The number of hydrogen-bond donors (Lipinski definition) is 1. The lowest BCUT2D eigenvalue weighted by Crippen LogP contribution is -2.30. The van der Waals surface area contributed by atoms with Crippen LogP contribution < -0.4 is 15.2 Å². The first-order chi connectivity index (χ1) is 9.83. The van der Waals surface area contributed by atoms with E-state index in [1.807, 2.05) is 17.8 Å². The highest BCUT2D eigenvalue weighted by atomic mass is 32.2. The van der Waals surface area contributed by atoms with E-state index >= 15 is 0 Å². The normalized spacial score (nSPS) is 20.6. The van der Waals surface area contributed by atoms with Crippen LogP contribution in [0.2, 0.25) is 0 Å². The Balaban J connectivity index is 1.58. The molecule has 2 aliphatic rings. The molecule has 0 saturated heterocycles. The molecule has 1 unspecified atom stereocenters. The fourth-order valence-corrected chi connectivity index (χ4v) is 3.96. The van der Waals surface area contributed by atoms with Gasteiger partial charge in [-0.2, -0.15) is 0 Å². The van der Waals surface area contributed by atoms with Crippen molar-refractivity contribution in [3.05, 3.63) is 18.2 Å². The lowest BCUT2D eigenvalue weighted by Gasteiger charge is -2.18. The molecule has 4 heteroatoms. The standard InChI is InChI=1S/C16H23NO2S/c17-14(12-4-1-2-5-12)11-20-13-6-7-15-16(10-13)19-9-3-8-18-15/h6-7,10,12,14H,1-5,8-9,11,17H2. The Bertz CT molecular complexity index is 446. The first-order valence-corrected chi connectivity index (χ1v) is 8.59. The Kier molecular flexibility index (Phi) is 4.73. The van der Waals surface area contributed by atoms with Crippen LogP contribution in [0.4, 0.5) is 0 Å². The molecule has 3 nitrogen and oxygen atoms in total.